The highest BCUT2D eigenvalue weighted by Crippen LogP contribution is 2.09. The SMILES string of the molecule is CC(C)CC(CN)NC(=O)Cc1cccc(I)c1. The van der Waals surface area contributed by atoms with E-state index in [1.54, 1.807) is 0 Å². The highest BCUT2D eigenvalue weighted by Gasteiger charge is 2.12. The summed E-state index contributed by atoms with van der Waals surface area (Å²) in [5.74, 6) is 0.588. The van der Waals surface area contributed by atoms with Crippen molar-refractivity contribution in [1.82, 2.24) is 5.32 Å². The van der Waals surface area contributed by atoms with Gasteiger partial charge < -0.3 is 11.1 Å². The largest absolute Gasteiger partial charge is 0.352 e. The fourth-order valence-corrected chi connectivity index (χ4v) is 2.50. The molecule has 0 aliphatic rings. The van der Waals surface area contributed by atoms with Crippen LogP contribution in [0.15, 0.2) is 24.3 Å². The number of carbonyl (C=O) groups is 1. The van der Waals surface area contributed by atoms with Crippen LogP contribution in [0.2, 0.25) is 0 Å². The minimum absolute atomic E-state index is 0.0492. The van der Waals surface area contributed by atoms with E-state index in [1.165, 1.54) is 0 Å². The van der Waals surface area contributed by atoms with Gasteiger partial charge in [-0.15, -0.1) is 0 Å². The summed E-state index contributed by atoms with van der Waals surface area (Å²) in [7, 11) is 0. The lowest BCUT2D eigenvalue weighted by Crippen LogP contribution is -2.41. The third-order valence-electron chi connectivity index (χ3n) is 2.66. The lowest BCUT2D eigenvalue weighted by Gasteiger charge is -2.18. The maximum absolute atomic E-state index is 11.9. The zero-order valence-electron chi connectivity index (χ0n) is 10.9. The number of hydrogen-bond acceptors (Lipinski definition) is 2. The molecule has 0 fully saturated rings. The number of amides is 1. The van der Waals surface area contributed by atoms with Gasteiger partial charge in [-0.2, -0.15) is 0 Å². The Morgan fingerprint density at radius 1 is 1.44 bits per heavy atom. The third-order valence-corrected chi connectivity index (χ3v) is 3.33. The summed E-state index contributed by atoms with van der Waals surface area (Å²) in [5.41, 5.74) is 6.71. The van der Waals surface area contributed by atoms with Crippen molar-refractivity contribution in [3.63, 3.8) is 0 Å². The molecule has 4 heteroatoms. The highest BCUT2D eigenvalue weighted by atomic mass is 127. The van der Waals surface area contributed by atoms with E-state index in [4.69, 9.17) is 5.73 Å². The van der Waals surface area contributed by atoms with E-state index in [0.29, 0.717) is 18.9 Å². The zero-order chi connectivity index (χ0) is 13.5. The second-order valence-electron chi connectivity index (χ2n) is 4.94. The van der Waals surface area contributed by atoms with E-state index in [-0.39, 0.29) is 11.9 Å². The van der Waals surface area contributed by atoms with Crippen LogP contribution in [-0.4, -0.2) is 18.5 Å². The van der Waals surface area contributed by atoms with Gasteiger partial charge in [0.2, 0.25) is 5.91 Å². The summed E-state index contributed by atoms with van der Waals surface area (Å²) in [4.78, 5) is 11.9. The predicted octanol–water partition coefficient (Wildman–Crippen LogP) is 2.32. The van der Waals surface area contributed by atoms with Crippen LogP contribution < -0.4 is 11.1 Å². The molecule has 0 bridgehead atoms. The maximum Gasteiger partial charge on any atom is 0.224 e. The molecular formula is C14H21IN2O. The standard InChI is InChI=1S/C14H21IN2O/c1-10(2)6-13(9-16)17-14(18)8-11-4-3-5-12(15)7-11/h3-5,7,10,13H,6,8-9,16H2,1-2H3,(H,17,18). The van der Waals surface area contributed by atoms with Gasteiger partial charge in [-0.1, -0.05) is 26.0 Å². The molecule has 1 atom stereocenters. The van der Waals surface area contributed by atoms with Crippen molar-refractivity contribution in [3.8, 4) is 0 Å². The van der Waals surface area contributed by atoms with Crippen molar-refractivity contribution in [1.29, 1.82) is 0 Å². The van der Waals surface area contributed by atoms with E-state index < -0.39 is 0 Å². The third kappa shape index (κ3) is 5.82. The summed E-state index contributed by atoms with van der Waals surface area (Å²) >= 11 is 2.25. The van der Waals surface area contributed by atoms with Crippen molar-refractivity contribution in [2.45, 2.75) is 32.7 Å². The first-order valence-corrected chi connectivity index (χ1v) is 7.33. The molecule has 0 saturated carbocycles. The van der Waals surface area contributed by atoms with Crippen molar-refractivity contribution >= 4 is 28.5 Å². The first-order valence-electron chi connectivity index (χ1n) is 6.25. The van der Waals surface area contributed by atoms with Gasteiger partial charge >= 0.3 is 0 Å². The van der Waals surface area contributed by atoms with Gasteiger partial charge in [0.25, 0.3) is 0 Å². The monoisotopic (exact) mass is 360 g/mol. The number of carbonyl (C=O) groups excluding carboxylic acids is 1. The van der Waals surface area contributed by atoms with Crippen molar-refractivity contribution < 1.29 is 4.79 Å². The van der Waals surface area contributed by atoms with Crippen LogP contribution >= 0.6 is 22.6 Å². The summed E-state index contributed by atoms with van der Waals surface area (Å²) in [5, 5.41) is 3.00. The highest BCUT2D eigenvalue weighted by molar-refractivity contribution is 14.1. The van der Waals surface area contributed by atoms with E-state index in [0.717, 1.165) is 15.6 Å². The predicted molar refractivity (Wildman–Crippen MR) is 83.3 cm³/mol. The molecule has 1 aromatic carbocycles. The number of hydrogen-bond donors (Lipinski definition) is 2. The molecule has 0 spiro atoms. The Hall–Kier alpha value is -0.620. The Bertz CT molecular complexity index is 393. The molecule has 0 aliphatic carbocycles. The molecule has 1 unspecified atom stereocenters. The Balaban J connectivity index is 2.50. The topological polar surface area (TPSA) is 55.1 Å². The number of nitrogens with two attached hydrogens (primary N) is 1. The number of halogens is 1. The molecule has 0 saturated heterocycles. The Kier molecular flexibility index (Phi) is 6.63. The number of benzene rings is 1. The van der Waals surface area contributed by atoms with Crippen molar-refractivity contribution in [3.05, 3.63) is 33.4 Å². The summed E-state index contributed by atoms with van der Waals surface area (Å²) in [6, 6.07) is 8.07. The van der Waals surface area contributed by atoms with Crippen molar-refractivity contribution in [2.75, 3.05) is 6.54 Å². The molecule has 1 amide bonds. The molecule has 0 aromatic heterocycles. The normalized spacial score (nSPS) is 12.5. The minimum atomic E-state index is 0.0492. The second kappa shape index (κ2) is 7.74. The van der Waals surface area contributed by atoms with Crippen molar-refractivity contribution in [2.24, 2.45) is 11.7 Å². The maximum atomic E-state index is 11.9. The van der Waals surface area contributed by atoms with Crippen LogP contribution in [-0.2, 0) is 11.2 Å². The second-order valence-corrected chi connectivity index (χ2v) is 6.18. The van der Waals surface area contributed by atoms with Crippen LogP contribution in [0.1, 0.15) is 25.8 Å². The number of nitrogens with one attached hydrogen (secondary N) is 1. The zero-order valence-corrected chi connectivity index (χ0v) is 13.1. The molecule has 3 N–H and O–H groups in total. The van der Waals surface area contributed by atoms with Gasteiger partial charge in [0.05, 0.1) is 6.42 Å². The first-order chi connectivity index (χ1) is 8.51. The average molecular weight is 360 g/mol. The lowest BCUT2D eigenvalue weighted by atomic mass is 10.0. The molecule has 0 radical (unpaired) electrons. The molecule has 18 heavy (non-hydrogen) atoms. The Labute approximate surface area is 123 Å². The van der Waals surface area contributed by atoms with Crippen LogP contribution in [0, 0.1) is 9.49 Å². The minimum Gasteiger partial charge on any atom is -0.352 e. The average Bonchev–Trinajstić information content (AvgIpc) is 2.27. The molecule has 0 heterocycles. The van der Waals surface area contributed by atoms with E-state index in [9.17, 15) is 4.79 Å². The van der Waals surface area contributed by atoms with Gasteiger partial charge in [-0.25, -0.2) is 0 Å². The Morgan fingerprint density at radius 3 is 2.72 bits per heavy atom. The van der Waals surface area contributed by atoms with Crippen LogP contribution in [0.25, 0.3) is 0 Å². The van der Waals surface area contributed by atoms with Crippen LogP contribution in [0.3, 0.4) is 0 Å². The van der Waals surface area contributed by atoms with Gasteiger partial charge in [-0.3, -0.25) is 4.79 Å². The van der Waals surface area contributed by atoms with E-state index >= 15 is 0 Å². The fourth-order valence-electron chi connectivity index (χ4n) is 1.89. The summed E-state index contributed by atoms with van der Waals surface area (Å²) < 4.78 is 1.15. The first kappa shape index (κ1) is 15.4. The van der Waals surface area contributed by atoms with Crippen LogP contribution in [0.4, 0.5) is 0 Å². The molecule has 3 nitrogen and oxygen atoms in total. The van der Waals surface area contributed by atoms with Gasteiger partial charge in [-0.05, 0) is 52.6 Å². The lowest BCUT2D eigenvalue weighted by molar-refractivity contribution is -0.121. The number of rotatable bonds is 6. The molecule has 0 aliphatic heterocycles. The fraction of sp³-hybridized carbons (Fsp3) is 0.500. The van der Waals surface area contributed by atoms with E-state index in [2.05, 4.69) is 41.8 Å². The molecule has 1 aromatic rings. The van der Waals surface area contributed by atoms with Gasteiger partial charge in [0, 0.05) is 16.2 Å². The smallest absolute Gasteiger partial charge is 0.224 e. The van der Waals surface area contributed by atoms with E-state index in [1.807, 2.05) is 24.3 Å². The van der Waals surface area contributed by atoms with Gasteiger partial charge in [0.1, 0.15) is 0 Å². The van der Waals surface area contributed by atoms with Crippen LogP contribution in [0.5, 0.6) is 0 Å². The Morgan fingerprint density at radius 2 is 2.17 bits per heavy atom. The molecule has 100 valence electrons. The quantitative estimate of drug-likeness (QED) is 0.765. The molecule has 1 rings (SSSR count). The molecular weight excluding hydrogens is 339 g/mol. The van der Waals surface area contributed by atoms with Gasteiger partial charge in [0.15, 0.2) is 0 Å². The summed E-state index contributed by atoms with van der Waals surface area (Å²) in [6.45, 7) is 4.76. The summed E-state index contributed by atoms with van der Waals surface area (Å²) in [6.07, 6.45) is 1.35.